The van der Waals surface area contributed by atoms with Gasteiger partial charge < -0.3 is 0 Å². The van der Waals surface area contributed by atoms with Crippen LogP contribution in [-0.4, -0.2) is 19.7 Å². The normalized spacial score (nSPS) is 15.8. The van der Waals surface area contributed by atoms with E-state index in [1.807, 2.05) is 6.92 Å². The Hall–Kier alpha value is -1.85. The first kappa shape index (κ1) is 9.38. The Balaban J connectivity index is 2.44. The van der Waals surface area contributed by atoms with E-state index in [4.69, 9.17) is 0 Å². The van der Waals surface area contributed by atoms with Crippen molar-refractivity contribution in [2.75, 3.05) is 0 Å². The Bertz CT molecular complexity index is 659. The quantitative estimate of drug-likeness (QED) is 0.764. The molecule has 2 aromatic rings. The molecule has 6 nitrogen and oxygen atoms in total. The van der Waals surface area contributed by atoms with Crippen LogP contribution in [0.5, 0.6) is 0 Å². The fraction of sp³-hybridized carbons (Fsp3) is 0.500. The van der Waals surface area contributed by atoms with Crippen molar-refractivity contribution in [3.05, 3.63) is 26.5 Å². The van der Waals surface area contributed by atoms with Crippen LogP contribution >= 0.6 is 0 Å². The molecule has 0 unspecified atom stereocenters. The maximum absolute atomic E-state index is 11.7. The molecule has 1 saturated carbocycles. The predicted octanol–water partition coefficient (Wildman–Crippen LogP) is 0.310. The summed E-state index contributed by atoms with van der Waals surface area (Å²) >= 11 is 0. The summed E-state index contributed by atoms with van der Waals surface area (Å²) in [5.74, 6) is 0. The van der Waals surface area contributed by atoms with Gasteiger partial charge in [0.1, 0.15) is 11.0 Å². The Morgan fingerprint density at radius 2 is 2.12 bits per heavy atom. The molecule has 0 atom stereocenters. The number of aromatic nitrogens is 4. The lowest BCUT2D eigenvalue weighted by atomic mass is 10.2. The van der Waals surface area contributed by atoms with E-state index < -0.39 is 5.69 Å². The highest BCUT2D eigenvalue weighted by Gasteiger charge is 2.28. The van der Waals surface area contributed by atoms with Crippen LogP contribution in [0.1, 0.15) is 31.5 Å². The zero-order chi connectivity index (χ0) is 11.3. The minimum absolute atomic E-state index is 0.345. The van der Waals surface area contributed by atoms with Crippen LogP contribution in [0.4, 0.5) is 0 Å². The Morgan fingerprint density at radius 3 is 2.75 bits per heavy atom. The molecule has 0 aliphatic heterocycles. The molecular formula is C10H12N4O2. The molecule has 0 aromatic carbocycles. The monoisotopic (exact) mass is 220 g/mol. The van der Waals surface area contributed by atoms with Crippen LogP contribution in [-0.2, 0) is 6.42 Å². The standard InChI is InChI=1S/C10H12N4O2/c1-2-6-7-8(11-10(16)12-9(7)15)14(13-6)5-3-4-5/h5H,2-4H2,1H3,(H2,11,12,15,16). The highest BCUT2D eigenvalue weighted by molar-refractivity contribution is 5.77. The van der Waals surface area contributed by atoms with Crippen molar-refractivity contribution in [2.45, 2.75) is 32.2 Å². The number of nitrogens with one attached hydrogen (secondary N) is 2. The molecule has 2 aromatic heterocycles. The van der Waals surface area contributed by atoms with Gasteiger partial charge in [0, 0.05) is 0 Å². The Kier molecular flexibility index (Phi) is 1.80. The molecule has 0 bridgehead atoms. The number of aromatic amines is 2. The smallest absolute Gasteiger partial charge is 0.292 e. The number of aryl methyl sites for hydroxylation is 1. The molecule has 0 radical (unpaired) electrons. The summed E-state index contributed by atoms with van der Waals surface area (Å²) in [5, 5.41) is 4.92. The second-order valence-electron chi connectivity index (χ2n) is 4.11. The molecule has 16 heavy (non-hydrogen) atoms. The van der Waals surface area contributed by atoms with Crippen molar-refractivity contribution in [2.24, 2.45) is 0 Å². The van der Waals surface area contributed by atoms with Gasteiger partial charge in [-0.1, -0.05) is 6.92 Å². The minimum atomic E-state index is -0.470. The van der Waals surface area contributed by atoms with E-state index in [2.05, 4.69) is 15.1 Å². The van der Waals surface area contributed by atoms with E-state index in [-0.39, 0.29) is 5.56 Å². The second-order valence-corrected chi connectivity index (χ2v) is 4.11. The van der Waals surface area contributed by atoms with Crippen molar-refractivity contribution < 1.29 is 0 Å². The Morgan fingerprint density at radius 1 is 1.38 bits per heavy atom. The van der Waals surface area contributed by atoms with E-state index in [1.165, 1.54) is 0 Å². The van der Waals surface area contributed by atoms with E-state index >= 15 is 0 Å². The van der Waals surface area contributed by atoms with Crippen molar-refractivity contribution >= 4 is 11.0 Å². The van der Waals surface area contributed by atoms with E-state index in [0.717, 1.165) is 18.5 Å². The summed E-state index contributed by atoms with van der Waals surface area (Å²) in [7, 11) is 0. The SMILES string of the molecule is CCc1nn(C2CC2)c2[nH]c(=O)[nH]c(=O)c12. The highest BCUT2D eigenvalue weighted by atomic mass is 16.2. The van der Waals surface area contributed by atoms with Gasteiger partial charge in [-0.3, -0.25) is 14.8 Å². The van der Waals surface area contributed by atoms with Gasteiger partial charge in [-0.2, -0.15) is 5.10 Å². The van der Waals surface area contributed by atoms with E-state index in [1.54, 1.807) is 4.68 Å². The predicted molar refractivity (Wildman–Crippen MR) is 58.6 cm³/mol. The van der Waals surface area contributed by atoms with Gasteiger partial charge in [-0.25, -0.2) is 9.48 Å². The van der Waals surface area contributed by atoms with Gasteiger partial charge in [0.25, 0.3) is 5.56 Å². The number of hydrogen-bond donors (Lipinski definition) is 2. The van der Waals surface area contributed by atoms with Crippen LogP contribution in [0, 0.1) is 0 Å². The van der Waals surface area contributed by atoms with Gasteiger partial charge >= 0.3 is 5.69 Å². The lowest BCUT2D eigenvalue weighted by molar-refractivity contribution is 0.645. The number of nitrogens with zero attached hydrogens (tertiary/aromatic N) is 2. The first-order valence-corrected chi connectivity index (χ1v) is 5.44. The fourth-order valence-corrected chi connectivity index (χ4v) is 1.97. The highest BCUT2D eigenvalue weighted by Crippen LogP contribution is 2.36. The van der Waals surface area contributed by atoms with Crippen LogP contribution < -0.4 is 11.2 Å². The summed E-state index contributed by atoms with van der Waals surface area (Å²) in [6, 6.07) is 0.347. The van der Waals surface area contributed by atoms with Crippen LogP contribution in [0.2, 0.25) is 0 Å². The third-order valence-corrected chi connectivity index (χ3v) is 2.90. The third kappa shape index (κ3) is 1.22. The first-order valence-electron chi connectivity index (χ1n) is 5.44. The molecule has 6 heteroatoms. The van der Waals surface area contributed by atoms with Crippen molar-refractivity contribution in [1.29, 1.82) is 0 Å². The largest absolute Gasteiger partial charge is 0.327 e. The topological polar surface area (TPSA) is 83.5 Å². The lowest BCUT2D eigenvalue weighted by Crippen LogP contribution is -2.22. The molecule has 84 valence electrons. The zero-order valence-corrected chi connectivity index (χ0v) is 8.91. The lowest BCUT2D eigenvalue weighted by Gasteiger charge is -1.97. The number of rotatable bonds is 2. The second kappa shape index (κ2) is 3.07. The average Bonchev–Trinajstić information content (AvgIpc) is 3.00. The first-order chi connectivity index (χ1) is 7.70. The average molecular weight is 220 g/mol. The van der Waals surface area contributed by atoms with Gasteiger partial charge in [0.05, 0.1) is 11.7 Å². The van der Waals surface area contributed by atoms with Crippen LogP contribution in [0.25, 0.3) is 11.0 Å². The molecule has 2 N–H and O–H groups in total. The molecule has 2 heterocycles. The van der Waals surface area contributed by atoms with E-state index in [9.17, 15) is 9.59 Å². The van der Waals surface area contributed by atoms with Crippen LogP contribution in [0.15, 0.2) is 9.59 Å². The van der Waals surface area contributed by atoms with Crippen LogP contribution in [0.3, 0.4) is 0 Å². The molecule has 3 rings (SSSR count). The van der Waals surface area contributed by atoms with E-state index in [0.29, 0.717) is 23.5 Å². The maximum atomic E-state index is 11.7. The Labute approximate surface area is 90.3 Å². The fourth-order valence-electron chi connectivity index (χ4n) is 1.97. The molecule has 0 amide bonds. The maximum Gasteiger partial charge on any atom is 0.327 e. The number of H-pyrrole nitrogens is 2. The minimum Gasteiger partial charge on any atom is -0.292 e. The van der Waals surface area contributed by atoms with Gasteiger partial charge in [-0.05, 0) is 19.3 Å². The third-order valence-electron chi connectivity index (χ3n) is 2.90. The summed E-state index contributed by atoms with van der Waals surface area (Å²) in [5.41, 5.74) is 0.497. The summed E-state index contributed by atoms with van der Waals surface area (Å²) in [4.78, 5) is 27.9. The van der Waals surface area contributed by atoms with Crippen molar-refractivity contribution in [3.63, 3.8) is 0 Å². The van der Waals surface area contributed by atoms with Crippen molar-refractivity contribution in [3.8, 4) is 0 Å². The van der Waals surface area contributed by atoms with Gasteiger partial charge in [0.15, 0.2) is 0 Å². The molecular weight excluding hydrogens is 208 g/mol. The van der Waals surface area contributed by atoms with Gasteiger partial charge in [0.2, 0.25) is 0 Å². The van der Waals surface area contributed by atoms with Crippen molar-refractivity contribution in [1.82, 2.24) is 19.7 Å². The zero-order valence-electron chi connectivity index (χ0n) is 8.91. The molecule has 1 aliphatic rings. The summed E-state index contributed by atoms with van der Waals surface area (Å²) in [6.45, 7) is 1.95. The number of hydrogen-bond acceptors (Lipinski definition) is 3. The molecule has 0 saturated heterocycles. The molecule has 0 spiro atoms. The number of fused-ring (bicyclic) bond motifs is 1. The van der Waals surface area contributed by atoms with Gasteiger partial charge in [-0.15, -0.1) is 0 Å². The summed E-state index contributed by atoms with van der Waals surface area (Å²) in [6.07, 6.45) is 2.81. The molecule has 1 fully saturated rings. The molecule has 1 aliphatic carbocycles. The summed E-state index contributed by atoms with van der Waals surface area (Å²) < 4.78 is 1.78.